The fourth-order valence-corrected chi connectivity index (χ4v) is 1.53. The number of nitrogens with zero attached hydrogens (tertiary/aromatic N) is 1. The number of anilines is 1. The van der Waals surface area contributed by atoms with Crippen molar-refractivity contribution in [3.05, 3.63) is 53.1 Å². The van der Waals surface area contributed by atoms with Crippen LogP contribution in [0.4, 0.5) is 10.1 Å². The lowest BCUT2D eigenvalue weighted by molar-refractivity contribution is 0.102. The Labute approximate surface area is 107 Å². The number of carbonyl (C=O) groups is 1. The SMILES string of the molecule is O=C(Nc1ccc(F)c(Cl)c1)c1ccncc1O. The highest BCUT2D eigenvalue weighted by Crippen LogP contribution is 2.21. The topological polar surface area (TPSA) is 62.2 Å². The molecule has 1 aromatic carbocycles. The van der Waals surface area contributed by atoms with Crippen LogP contribution in [0, 0.1) is 5.82 Å². The van der Waals surface area contributed by atoms with Crippen LogP contribution in [0.2, 0.25) is 5.02 Å². The number of halogens is 2. The monoisotopic (exact) mass is 266 g/mol. The van der Waals surface area contributed by atoms with E-state index in [0.717, 1.165) is 12.3 Å². The van der Waals surface area contributed by atoms with Crippen molar-refractivity contribution >= 4 is 23.2 Å². The first kappa shape index (κ1) is 12.3. The van der Waals surface area contributed by atoms with E-state index < -0.39 is 11.7 Å². The molecule has 0 aliphatic carbocycles. The van der Waals surface area contributed by atoms with Gasteiger partial charge in [0, 0.05) is 11.9 Å². The van der Waals surface area contributed by atoms with Crippen LogP contribution >= 0.6 is 11.6 Å². The first-order valence-corrected chi connectivity index (χ1v) is 5.35. The average molecular weight is 267 g/mol. The molecular weight excluding hydrogens is 259 g/mol. The van der Waals surface area contributed by atoms with Crippen LogP contribution in [-0.2, 0) is 0 Å². The number of aromatic nitrogens is 1. The summed E-state index contributed by atoms with van der Waals surface area (Å²) in [5, 5.41) is 11.8. The van der Waals surface area contributed by atoms with Crippen LogP contribution in [0.15, 0.2) is 36.7 Å². The predicted molar refractivity (Wildman–Crippen MR) is 65.3 cm³/mol. The number of aromatic hydroxyl groups is 1. The zero-order valence-electron chi connectivity index (χ0n) is 9.02. The molecule has 0 bridgehead atoms. The van der Waals surface area contributed by atoms with Gasteiger partial charge >= 0.3 is 0 Å². The Morgan fingerprint density at radius 2 is 2.17 bits per heavy atom. The Morgan fingerprint density at radius 3 is 2.83 bits per heavy atom. The molecule has 0 unspecified atom stereocenters. The molecule has 1 heterocycles. The van der Waals surface area contributed by atoms with Gasteiger partial charge in [-0.05, 0) is 24.3 Å². The van der Waals surface area contributed by atoms with Gasteiger partial charge in [-0.25, -0.2) is 4.39 Å². The van der Waals surface area contributed by atoms with Crippen molar-refractivity contribution in [2.75, 3.05) is 5.32 Å². The molecule has 2 rings (SSSR count). The molecule has 92 valence electrons. The summed E-state index contributed by atoms with van der Waals surface area (Å²) in [5.41, 5.74) is 0.410. The summed E-state index contributed by atoms with van der Waals surface area (Å²) >= 11 is 5.59. The lowest BCUT2D eigenvalue weighted by atomic mass is 10.2. The normalized spacial score (nSPS) is 10.1. The highest BCUT2D eigenvalue weighted by atomic mass is 35.5. The second-order valence-corrected chi connectivity index (χ2v) is 3.88. The molecule has 0 spiro atoms. The Balaban J connectivity index is 2.22. The zero-order valence-corrected chi connectivity index (χ0v) is 9.78. The largest absolute Gasteiger partial charge is 0.505 e. The summed E-state index contributed by atoms with van der Waals surface area (Å²) < 4.78 is 12.9. The molecule has 1 amide bonds. The summed E-state index contributed by atoms with van der Waals surface area (Å²) in [6.45, 7) is 0. The molecule has 0 aliphatic rings. The van der Waals surface area contributed by atoms with Gasteiger partial charge in [0.15, 0.2) is 0 Å². The average Bonchev–Trinajstić information content (AvgIpc) is 2.34. The van der Waals surface area contributed by atoms with Crippen molar-refractivity contribution in [3.8, 4) is 5.75 Å². The third kappa shape index (κ3) is 2.57. The Kier molecular flexibility index (Phi) is 3.43. The van der Waals surface area contributed by atoms with Gasteiger partial charge in [-0.15, -0.1) is 0 Å². The van der Waals surface area contributed by atoms with Crippen LogP contribution in [0.25, 0.3) is 0 Å². The number of pyridine rings is 1. The molecular formula is C12H8ClFN2O2. The van der Waals surface area contributed by atoms with E-state index >= 15 is 0 Å². The Bertz CT molecular complexity index is 604. The van der Waals surface area contributed by atoms with Gasteiger partial charge in [0.25, 0.3) is 5.91 Å². The molecule has 2 aromatic rings. The molecule has 6 heteroatoms. The minimum atomic E-state index is -0.568. The van der Waals surface area contributed by atoms with Gasteiger partial charge in [0.1, 0.15) is 11.6 Å². The molecule has 0 saturated carbocycles. The van der Waals surface area contributed by atoms with Crippen molar-refractivity contribution in [1.82, 2.24) is 4.98 Å². The van der Waals surface area contributed by atoms with E-state index in [1.54, 1.807) is 0 Å². The number of nitrogens with one attached hydrogen (secondary N) is 1. The Morgan fingerprint density at radius 1 is 1.39 bits per heavy atom. The maximum absolute atomic E-state index is 12.9. The molecule has 0 aliphatic heterocycles. The van der Waals surface area contributed by atoms with Crippen LogP contribution < -0.4 is 5.32 Å². The zero-order chi connectivity index (χ0) is 13.1. The molecule has 1 aromatic heterocycles. The van der Waals surface area contributed by atoms with Crippen molar-refractivity contribution in [2.24, 2.45) is 0 Å². The number of amides is 1. The molecule has 0 radical (unpaired) electrons. The number of benzene rings is 1. The van der Waals surface area contributed by atoms with Crippen molar-refractivity contribution < 1.29 is 14.3 Å². The van der Waals surface area contributed by atoms with Gasteiger partial charge in [0.05, 0.1) is 16.8 Å². The van der Waals surface area contributed by atoms with E-state index in [9.17, 15) is 14.3 Å². The van der Waals surface area contributed by atoms with E-state index in [-0.39, 0.29) is 16.3 Å². The van der Waals surface area contributed by atoms with Crippen LogP contribution in [0.3, 0.4) is 0 Å². The number of carbonyl (C=O) groups excluding carboxylic acids is 1. The van der Waals surface area contributed by atoms with E-state index in [1.807, 2.05) is 0 Å². The van der Waals surface area contributed by atoms with Crippen molar-refractivity contribution in [2.45, 2.75) is 0 Å². The van der Waals surface area contributed by atoms with Crippen LogP contribution in [-0.4, -0.2) is 16.0 Å². The molecule has 4 nitrogen and oxygen atoms in total. The number of rotatable bonds is 2. The summed E-state index contributed by atoms with van der Waals surface area (Å²) in [6, 6.07) is 5.17. The van der Waals surface area contributed by atoms with Crippen molar-refractivity contribution in [3.63, 3.8) is 0 Å². The standard InChI is InChI=1S/C12H8ClFN2O2/c13-9-5-7(1-2-10(9)14)16-12(18)8-3-4-15-6-11(8)17/h1-6,17H,(H,16,18). The molecule has 0 atom stereocenters. The Hall–Kier alpha value is -2.14. The van der Waals surface area contributed by atoms with Crippen LogP contribution in [0.1, 0.15) is 10.4 Å². The van der Waals surface area contributed by atoms with Gasteiger partial charge in [0.2, 0.25) is 0 Å². The summed E-state index contributed by atoms with van der Waals surface area (Å²) in [4.78, 5) is 15.5. The second kappa shape index (κ2) is 5.01. The van der Waals surface area contributed by atoms with Gasteiger partial charge in [-0.1, -0.05) is 11.6 Å². The third-order valence-corrected chi connectivity index (χ3v) is 2.51. The fraction of sp³-hybridized carbons (Fsp3) is 0. The maximum Gasteiger partial charge on any atom is 0.259 e. The van der Waals surface area contributed by atoms with Crippen LogP contribution in [0.5, 0.6) is 5.75 Å². The van der Waals surface area contributed by atoms with E-state index in [0.29, 0.717) is 5.69 Å². The van der Waals surface area contributed by atoms with Gasteiger partial charge in [-0.3, -0.25) is 9.78 Å². The second-order valence-electron chi connectivity index (χ2n) is 3.48. The highest BCUT2D eigenvalue weighted by molar-refractivity contribution is 6.31. The molecule has 0 fully saturated rings. The number of hydrogen-bond donors (Lipinski definition) is 2. The first-order chi connectivity index (χ1) is 8.58. The number of hydrogen-bond acceptors (Lipinski definition) is 3. The third-order valence-electron chi connectivity index (χ3n) is 2.22. The highest BCUT2D eigenvalue weighted by Gasteiger charge is 2.11. The molecule has 18 heavy (non-hydrogen) atoms. The van der Waals surface area contributed by atoms with E-state index in [1.165, 1.54) is 24.4 Å². The fourth-order valence-electron chi connectivity index (χ4n) is 1.35. The minimum Gasteiger partial charge on any atom is -0.505 e. The summed E-state index contributed by atoms with van der Waals surface area (Å²) in [6.07, 6.45) is 2.54. The lowest BCUT2D eigenvalue weighted by Crippen LogP contribution is -2.12. The lowest BCUT2D eigenvalue weighted by Gasteiger charge is -2.06. The smallest absolute Gasteiger partial charge is 0.259 e. The molecule has 2 N–H and O–H groups in total. The van der Waals surface area contributed by atoms with Crippen molar-refractivity contribution in [1.29, 1.82) is 0 Å². The van der Waals surface area contributed by atoms with Gasteiger partial charge < -0.3 is 10.4 Å². The minimum absolute atomic E-state index is 0.0745. The quantitative estimate of drug-likeness (QED) is 0.879. The summed E-state index contributed by atoms with van der Waals surface area (Å²) in [5.74, 6) is -1.33. The molecule has 0 saturated heterocycles. The van der Waals surface area contributed by atoms with E-state index in [4.69, 9.17) is 11.6 Å². The maximum atomic E-state index is 12.9. The predicted octanol–water partition coefficient (Wildman–Crippen LogP) is 2.83. The van der Waals surface area contributed by atoms with Gasteiger partial charge in [-0.2, -0.15) is 0 Å². The summed E-state index contributed by atoms with van der Waals surface area (Å²) in [7, 11) is 0. The van der Waals surface area contributed by atoms with E-state index in [2.05, 4.69) is 10.3 Å². The first-order valence-electron chi connectivity index (χ1n) is 4.97.